The van der Waals surface area contributed by atoms with E-state index in [2.05, 4.69) is 27.9 Å². The van der Waals surface area contributed by atoms with Crippen LogP contribution < -0.4 is 5.32 Å². The van der Waals surface area contributed by atoms with Gasteiger partial charge in [-0.2, -0.15) is 0 Å². The van der Waals surface area contributed by atoms with Crippen molar-refractivity contribution in [2.45, 2.75) is 29.6 Å². The number of hydrogen-bond acceptors (Lipinski definition) is 10. The molecule has 3 rings (SSSR count). The molecule has 5 N–H and O–H groups in total. The first-order valence-electron chi connectivity index (χ1n) is 6.95. The van der Waals surface area contributed by atoms with Gasteiger partial charge in [0.25, 0.3) is 5.06 Å². The number of aliphatic imine (C=N–C) groups is 1. The van der Waals surface area contributed by atoms with Gasteiger partial charge in [0.05, 0.1) is 12.9 Å². The zero-order valence-electron chi connectivity index (χ0n) is 12.5. The van der Waals surface area contributed by atoms with Gasteiger partial charge in [-0.15, -0.1) is 12.6 Å². The Kier molecular flexibility index (Phi) is 4.02. The van der Waals surface area contributed by atoms with E-state index >= 15 is 0 Å². The summed E-state index contributed by atoms with van der Waals surface area (Å²) < 4.78 is 6.91. The first-order valence-corrected chi connectivity index (χ1v) is 7.39. The van der Waals surface area contributed by atoms with Gasteiger partial charge in [0.2, 0.25) is 5.96 Å². The summed E-state index contributed by atoms with van der Waals surface area (Å²) in [5.41, 5.74) is 0.143. The summed E-state index contributed by atoms with van der Waals surface area (Å²) >= 11 is 4.12. The van der Waals surface area contributed by atoms with E-state index in [1.807, 2.05) is 0 Å². The molecule has 1 unspecified atom stereocenters. The van der Waals surface area contributed by atoms with E-state index < -0.39 is 36.2 Å². The van der Waals surface area contributed by atoms with Gasteiger partial charge in [0, 0.05) is 14.1 Å². The van der Waals surface area contributed by atoms with Crippen LogP contribution in [0, 0.1) is 0 Å². The highest BCUT2D eigenvalue weighted by atomic mass is 32.1. The van der Waals surface area contributed by atoms with Crippen molar-refractivity contribution in [1.29, 1.82) is 0 Å². The number of imidazole rings is 1. The maximum absolute atomic E-state index is 10.4. The number of fused-ring (bicyclic) bond motifs is 1. The Labute approximate surface area is 137 Å². The third kappa shape index (κ3) is 2.58. The quantitative estimate of drug-likeness (QED) is 0.264. The molecule has 128 valence electrons. The van der Waals surface area contributed by atoms with Crippen LogP contribution in [0.15, 0.2) is 11.3 Å². The molecule has 0 bridgehead atoms. The fraction of sp³-hybridized carbons (Fsp3) is 0.667. The van der Waals surface area contributed by atoms with E-state index in [1.165, 1.54) is 10.9 Å². The van der Waals surface area contributed by atoms with Crippen LogP contribution in [0.5, 0.6) is 0 Å². The molecule has 1 saturated heterocycles. The lowest BCUT2D eigenvalue weighted by atomic mass is 10.1. The topological polar surface area (TPSA) is 136 Å². The molecule has 0 aromatic carbocycles. The molecule has 2 aliphatic rings. The van der Waals surface area contributed by atoms with Crippen LogP contribution >= 0.6 is 12.6 Å². The van der Waals surface area contributed by atoms with Crippen molar-refractivity contribution < 1.29 is 25.2 Å². The molecule has 2 aliphatic heterocycles. The van der Waals surface area contributed by atoms with E-state index in [1.54, 1.807) is 19.0 Å². The molecule has 1 fully saturated rings. The number of rotatable bonds is 2. The number of ether oxygens (including phenoxy) is 1. The van der Waals surface area contributed by atoms with Gasteiger partial charge in [0.1, 0.15) is 29.8 Å². The van der Waals surface area contributed by atoms with Crippen molar-refractivity contribution >= 4 is 24.4 Å². The third-order valence-corrected chi connectivity index (χ3v) is 4.13. The van der Waals surface area contributed by atoms with E-state index in [4.69, 9.17) is 4.74 Å². The van der Waals surface area contributed by atoms with E-state index in [-0.39, 0.29) is 5.69 Å². The van der Waals surface area contributed by atoms with Crippen LogP contribution in [-0.4, -0.2) is 79.9 Å². The van der Waals surface area contributed by atoms with Gasteiger partial charge in [-0.3, -0.25) is 4.57 Å². The van der Waals surface area contributed by atoms with Crippen LogP contribution in [0.2, 0.25) is 0 Å². The number of hydrogen-bond donors (Lipinski definition) is 6. The normalized spacial score (nSPS) is 36.4. The average Bonchev–Trinajstić information content (AvgIpc) is 3.02. The Hall–Kier alpha value is -1.37. The summed E-state index contributed by atoms with van der Waals surface area (Å²) in [7, 11) is 3.46. The molecule has 1 aromatic rings. The van der Waals surface area contributed by atoms with Crippen LogP contribution in [-0.2, 0) is 9.79 Å². The second-order valence-corrected chi connectivity index (χ2v) is 6.29. The van der Waals surface area contributed by atoms with Crippen molar-refractivity contribution in [2.75, 3.05) is 26.0 Å². The van der Waals surface area contributed by atoms with Crippen LogP contribution in [0.1, 0.15) is 11.9 Å². The van der Waals surface area contributed by atoms with Gasteiger partial charge in [0.15, 0.2) is 6.23 Å². The minimum absolute atomic E-state index is 0.143. The second-order valence-electron chi connectivity index (χ2n) is 5.67. The maximum atomic E-state index is 10.4. The standard InChI is InChI=1S/C12H19N5O5S/c1-16(2)11-14-9-8(12(21,23)15-11)13-4-17(9)10-7(20)6(19)5(3-18)22-10/h4-7,10,18-21,23H,3H2,1-2H3,(H,14,15)/t5-,6-,7-,10-,12?/m1/s1. The predicted octanol–water partition coefficient (Wildman–Crippen LogP) is -2.13. The number of nitrogens with zero attached hydrogens (tertiary/aromatic N) is 4. The first kappa shape index (κ1) is 16.5. The largest absolute Gasteiger partial charge is 0.394 e. The monoisotopic (exact) mass is 345 g/mol. The summed E-state index contributed by atoms with van der Waals surface area (Å²) in [6, 6.07) is 0. The molecule has 1 aromatic heterocycles. The number of thiol groups is 1. The highest BCUT2D eigenvalue weighted by Gasteiger charge is 2.46. The van der Waals surface area contributed by atoms with Crippen LogP contribution in [0.25, 0.3) is 0 Å². The predicted molar refractivity (Wildman–Crippen MR) is 82.9 cm³/mol. The fourth-order valence-electron chi connectivity index (χ4n) is 2.58. The summed E-state index contributed by atoms with van der Waals surface area (Å²) in [6.07, 6.45) is -3.04. The molecule has 3 heterocycles. The van der Waals surface area contributed by atoms with Crippen LogP contribution in [0.3, 0.4) is 0 Å². The lowest BCUT2D eigenvalue weighted by Gasteiger charge is -2.30. The number of aromatic nitrogens is 2. The molecule has 0 radical (unpaired) electrons. The zero-order chi connectivity index (χ0) is 16.9. The smallest absolute Gasteiger partial charge is 0.253 e. The van der Waals surface area contributed by atoms with E-state index in [9.17, 15) is 20.4 Å². The Balaban J connectivity index is 1.99. The number of aliphatic hydroxyl groups is 4. The molecule has 0 saturated carbocycles. The van der Waals surface area contributed by atoms with Crippen LogP contribution in [0.4, 0.5) is 5.82 Å². The Morgan fingerprint density at radius 1 is 1.43 bits per heavy atom. The van der Waals surface area contributed by atoms with E-state index in [0.717, 1.165) is 0 Å². The van der Waals surface area contributed by atoms with Gasteiger partial charge in [-0.1, -0.05) is 0 Å². The molecular weight excluding hydrogens is 326 g/mol. The van der Waals surface area contributed by atoms with Crippen molar-refractivity contribution in [1.82, 2.24) is 14.5 Å². The lowest BCUT2D eigenvalue weighted by molar-refractivity contribution is -0.0519. The Morgan fingerprint density at radius 2 is 2.13 bits per heavy atom. The third-order valence-electron chi connectivity index (χ3n) is 3.82. The molecule has 0 amide bonds. The molecule has 0 spiro atoms. The fourth-order valence-corrected chi connectivity index (χ4v) is 2.84. The molecular formula is C12H19N5O5S. The minimum Gasteiger partial charge on any atom is -0.394 e. The molecule has 10 nitrogen and oxygen atoms in total. The first-order chi connectivity index (χ1) is 10.8. The van der Waals surface area contributed by atoms with Crippen molar-refractivity contribution in [2.24, 2.45) is 4.99 Å². The van der Waals surface area contributed by atoms with Gasteiger partial charge in [-0.05, 0) is 0 Å². The van der Waals surface area contributed by atoms with Gasteiger partial charge >= 0.3 is 0 Å². The number of guanidine groups is 1. The molecule has 0 aliphatic carbocycles. The number of aliphatic hydroxyl groups excluding tert-OH is 3. The molecule has 11 heteroatoms. The van der Waals surface area contributed by atoms with Crippen molar-refractivity contribution in [3.8, 4) is 0 Å². The minimum atomic E-state index is -1.84. The molecule has 23 heavy (non-hydrogen) atoms. The Morgan fingerprint density at radius 3 is 2.70 bits per heavy atom. The second kappa shape index (κ2) is 5.61. The summed E-state index contributed by atoms with van der Waals surface area (Å²) in [4.78, 5) is 9.75. The average molecular weight is 345 g/mol. The summed E-state index contributed by atoms with van der Waals surface area (Å²) in [5.74, 6) is 0.666. The number of anilines is 1. The zero-order valence-corrected chi connectivity index (χ0v) is 13.4. The lowest BCUT2D eigenvalue weighted by Crippen LogP contribution is -2.39. The van der Waals surface area contributed by atoms with E-state index in [0.29, 0.717) is 11.8 Å². The number of nitrogens with one attached hydrogen (secondary N) is 1. The van der Waals surface area contributed by atoms with Crippen molar-refractivity contribution in [3.05, 3.63) is 12.0 Å². The molecule has 5 atom stereocenters. The Bertz CT molecular complexity index is 633. The van der Waals surface area contributed by atoms with Gasteiger partial charge in [-0.25, -0.2) is 9.98 Å². The highest BCUT2D eigenvalue weighted by molar-refractivity contribution is 7.81. The SMILES string of the molecule is CN(C)C1=NC(O)(S)c2ncn([C@@H]3O[C@H](CO)[C@@H](O)[C@H]3O)c2N1. The highest BCUT2D eigenvalue weighted by Crippen LogP contribution is 2.39. The van der Waals surface area contributed by atoms with Crippen molar-refractivity contribution in [3.63, 3.8) is 0 Å². The maximum Gasteiger partial charge on any atom is 0.253 e. The summed E-state index contributed by atoms with van der Waals surface area (Å²) in [6.45, 7) is -0.431. The van der Waals surface area contributed by atoms with Gasteiger partial charge < -0.3 is 35.4 Å². The summed E-state index contributed by atoms with van der Waals surface area (Å²) in [5, 5.41) is 40.7.